The van der Waals surface area contributed by atoms with Crippen molar-refractivity contribution in [3.63, 3.8) is 0 Å². The van der Waals surface area contributed by atoms with Gasteiger partial charge in [-0.1, -0.05) is 6.42 Å². The lowest BCUT2D eigenvalue weighted by molar-refractivity contribution is 0.0677. The van der Waals surface area contributed by atoms with Crippen LogP contribution in [0.3, 0.4) is 0 Å². The van der Waals surface area contributed by atoms with Crippen molar-refractivity contribution in [1.29, 1.82) is 0 Å². The Morgan fingerprint density at radius 2 is 2.16 bits per heavy atom. The number of nitrogens with zero attached hydrogens (tertiary/aromatic N) is 1. The van der Waals surface area contributed by atoms with Gasteiger partial charge in [0.15, 0.2) is 0 Å². The Morgan fingerprint density at radius 3 is 2.95 bits per heavy atom. The summed E-state index contributed by atoms with van der Waals surface area (Å²) in [5.74, 6) is -0.960. The van der Waals surface area contributed by atoms with Crippen LogP contribution in [0.2, 0.25) is 0 Å². The molecule has 5 nitrogen and oxygen atoms in total. The fraction of sp³-hybridized carbons (Fsp3) is 0.429. The number of carbonyl (C=O) groups excluding carboxylic acids is 1. The highest BCUT2D eigenvalue weighted by molar-refractivity contribution is 6.03. The molecule has 2 aliphatic heterocycles. The Morgan fingerprint density at radius 1 is 1.32 bits per heavy atom. The van der Waals surface area contributed by atoms with Crippen molar-refractivity contribution < 1.29 is 14.7 Å². The second kappa shape index (κ2) is 4.57. The van der Waals surface area contributed by atoms with E-state index in [9.17, 15) is 9.59 Å². The van der Waals surface area contributed by atoms with Crippen LogP contribution in [0.4, 0.5) is 5.69 Å². The van der Waals surface area contributed by atoms with Crippen molar-refractivity contribution in [2.24, 2.45) is 0 Å². The number of aromatic carboxylic acids is 1. The average molecular weight is 260 g/mol. The fourth-order valence-corrected chi connectivity index (χ4v) is 2.82. The van der Waals surface area contributed by atoms with Gasteiger partial charge in [-0.05, 0) is 37.5 Å². The third-order valence-corrected chi connectivity index (χ3v) is 3.83. The summed E-state index contributed by atoms with van der Waals surface area (Å²) in [6.45, 7) is 0.774. The molecule has 1 saturated heterocycles. The molecule has 2 heterocycles. The first-order valence-corrected chi connectivity index (χ1v) is 6.61. The molecule has 0 saturated carbocycles. The average Bonchev–Trinajstić information content (AvgIpc) is 2.63. The van der Waals surface area contributed by atoms with Gasteiger partial charge in [-0.25, -0.2) is 4.79 Å². The van der Waals surface area contributed by atoms with Crippen molar-refractivity contribution in [3.8, 4) is 0 Å². The minimum absolute atomic E-state index is 0.00606. The van der Waals surface area contributed by atoms with Crippen LogP contribution in [0.15, 0.2) is 18.2 Å². The molecule has 0 radical (unpaired) electrons. The van der Waals surface area contributed by atoms with Gasteiger partial charge in [-0.2, -0.15) is 0 Å². The minimum atomic E-state index is -0.972. The molecule has 1 aromatic rings. The molecule has 2 aliphatic rings. The van der Waals surface area contributed by atoms with Crippen LogP contribution in [-0.4, -0.2) is 34.6 Å². The van der Waals surface area contributed by atoms with E-state index in [0.717, 1.165) is 32.2 Å². The predicted molar refractivity (Wildman–Crippen MR) is 70.3 cm³/mol. The first kappa shape index (κ1) is 12.0. The van der Waals surface area contributed by atoms with Crippen LogP contribution in [0.1, 0.15) is 46.4 Å². The molecule has 0 spiro atoms. The number of anilines is 1. The minimum Gasteiger partial charge on any atom is -0.478 e. The lowest BCUT2D eigenvalue weighted by Crippen LogP contribution is -2.48. The second-order valence-corrected chi connectivity index (χ2v) is 5.07. The van der Waals surface area contributed by atoms with Gasteiger partial charge in [0.2, 0.25) is 0 Å². The highest BCUT2D eigenvalue weighted by atomic mass is 16.4. The van der Waals surface area contributed by atoms with Gasteiger partial charge < -0.3 is 15.3 Å². The summed E-state index contributed by atoms with van der Waals surface area (Å²) in [5.41, 5.74) is 1.43. The highest BCUT2D eigenvalue weighted by Gasteiger charge is 2.32. The Balaban J connectivity index is 1.99. The van der Waals surface area contributed by atoms with E-state index in [2.05, 4.69) is 5.32 Å². The Hall–Kier alpha value is -2.04. The van der Waals surface area contributed by atoms with Gasteiger partial charge in [0.25, 0.3) is 5.91 Å². The van der Waals surface area contributed by atoms with Crippen LogP contribution in [0.5, 0.6) is 0 Å². The largest absolute Gasteiger partial charge is 0.478 e. The summed E-state index contributed by atoms with van der Waals surface area (Å²) in [5, 5.41) is 12.3. The number of benzene rings is 1. The van der Waals surface area contributed by atoms with E-state index in [1.165, 1.54) is 6.07 Å². The van der Waals surface area contributed by atoms with E-state index < -0.39 is 5.97 Å². The first-order chi connectivity index (χ1) is 9.16. The Labute approximate surface area is 111 Å². The third-order valence-electron chi connectivity index (χ3n) is 3.83. The smallest absolute Gasteiger partial charge is 0.335 e. The van der Waals surface area contributed by atoms with Crippen LogP contribution < -0.4 is 5.32 Å². The first-order valence-electron chi connectivity index (χ1n) is 6.61. The second-order valence-electron chi connectivity index (χ2n) is 5.07. The number of nitrogens with one attached hydrogen (secondary N) is 1. The van der Waals surface area contributed by atoms with Crippen molar-refractivity contribution in [3.05, 3.63) is 29.3 Å². The zero-order valence-electron chi connectivity index (χ0n) is 10.6. The fourth-order valence-electron chi connectivity index (χ4n) is 2.82. The van der Waals surface area contributed by atoms with Crippen LogP contribution >= 0.6 is 0 Å². The molecule has 1 amide bonds. The molecule has 19 heavy (non-hydrogen) atoms. The molecule has 3 rings (SSSR count). The summed E-state index contributed by atoms with van der Waals surface area (Å²) in [7, 11) is 0. The van der Waals surface area contributed by atoms with Crippen LogP contribution in [0, 0.1) is 0 Å². The van der Waals surface area contributed by atoms with Crippen molar-refractivity contribution >= 4 is 17.6 Å². The Kier molecular flexibility index (Phi) is 2.89. The van der Waals surface area contributed by atoms with E-state index in [1.807, 2.05) is 4.90 Å². The molecular formula is C14H16N2O3. The summed E-state index contributed by atoms with van der Waals surface area (Å²) >= 11 is 0. The van der Waals surface area contributed by atoms with Gasteiger partial charge in [0, 0.05) is 12.2 Å². The van der Waals surface area contributed by atoms with Crippen molar-refractivity contribution in [2.75, 3.05) is 11.9 Å². The summed E-state index contributed by atoms with van der Waals surface area (Å²) in [6, 6.07) is 4.64. The number of carboxylic acids is 1. The van der Waals surface area contributed by atoms with E-state index in [4.69, 9.17) is 5.11 Å². The lowest BCUT2D eigenvalue weighted by Gasteiger charge is -2.36. The van der Waals surface area contributed by atoms with Crippen molar-refractivity contribution in [1.82, 2.24) is 4.90 Å². The molecule has 100 valence electrons. The zero-order valence-corrected chi connectivity index (χ0v) is 10.6. The molecule has 0 unspecified atom stereocenters. The van der Waals surface area contributed by atoms with E-state index in [-0.39, 0.29) is 17.6 Å². The van der Waals surface area contributed by atoms with Crippen molar-refractivity contribution in [2.45, 2.75) is 31.8 Å². The highest BCUT2D eigenvalue weighted by Crippen LogP contribution is 2.30. The summed E-state index contributed by atoms with van der Waals surface area (Å²) < 4.78 is 0. The third kappa shape index (κ3) is 2.05. The summed E-state index contributed by atoms with van der Waals surface area (Å²) in [6.07, 6.45) is 4.19. The number of fused-ring (bicyclic) bond motifs is 2. The number of hydrogen-bond donors (Lipinski definition) is 2. The molecule has 5 heteroatoms. The molecule has 1 atom stereocenters. The van der Waals surface area contributed by atoms with Gasteiger partial charge in [-0.15, -0.1) is 0 Å². The predicted octanol–water partition coefficient (Wildman–Crippen LogP) is 2.15. The van der Waals surface area contributed by atoms with Gasteiger partial charge >= 0.3 is 5.97 Å². The maximum Gasteiger partial charge on any atom is 0.335 e. The molecule has 1 aromatic carbocycles. The van der Waals surface area contributed by atoms with Crippen LogP contribution in [0.25, 0.3) is 0 Å². The SMILES string of the molecule is O=C(O)c1ccc2c(c1)N[C@@H]1CCCCCN1C2=O. The monoisotopic (exact) mass is 260 g/mol. The van der Waals surface area contributed by atoms with Gasteiger partial charge in [0.1, 0.15) is 6.17 Å². The number of hydrogen-bond acceptors (Lipinski definition) is 3. The Bertz CT molecular complexity index is 541. The topological polar surface area (TPSA) is 69.6 Å². The zero-order chi connectivity index (χ0) is 13.4. The molecule has 2 N–H and O–H groups in total. The van der Waals surface area contributed by atoms with Gasteiger partial charge in [-0.3, -0.25) is 4.79 Å². The quantitative estimate of drug-likeness (QED) is 0.811. The number of rotatable bonds is 1. The maximum atomic E-state index is 12.4. The van der Waals surface area contributed by atoms with Gasteiger partial charge in [0.05, 0.1) is 11.1 Å². The normalized spacial score (nSPS) is 22.0. The number of carboxylic acid groups (broad SMARTS) is 1. The number of amides is 1. The van der Waals surface area contributed by atoms with Crippen LogP contribution in [-0.2, 0) is 0 Å². The molecule has 1 fully saturated rings. The molecule has 0 aliphatic carbocycles. The standard InChI is InChI=1S/C14H16N2O3/c17-13-10-6-5-9(14(18)19)8-11(10)15-12-4-2-1-3-7-16(12)13/h5-6,8,12,15H,1-4,7H2,(H,18,19)/t12-/m0/s1. The maximum absolute atomic E-state index is 12.4. The molecule has 0 aromatic heterocycles. The molecule has 0 bridgehead atoms. The molecular weight excluding hydrogens is 244 g/mol. The number of carbonyl (C=O) groups is 2. The van der Waals surface area contributed by atoms with E-state index in [0.29, 0.717) is 11.3 Å². The summed E-state index contributed by atoms with van der Waals surface area (Å²) in [4.78, 5) is 25.3. The van der Waals surface area contributed by atoms with E-state index >= 15 is 0 Å². The van der Waals surface area contributed by atoms with E-state index in [1.54, 1.807) is 12.1 Å². The lowest BCUT2D eigenvalue weighted by atomic mass is 10.0.